The highest BCUT2D eigenvalue weighted by molar-refractivity contribution is 7.88. The van der Waals surface area contributed by atoms with E-state index in [2.05, 4.69) is 15.6 Å². The Balaban J connectivity index is 1.71. The Morgan fingerprint density at radius 1 is 1.18 bits per heavy atom. The van der Waals surface area contributed by atoms with Crippen LogP contribution in [-0.2, 0) is 22.6 Å². The molecule has 0 bridgehead atoms. The topological polar surface area (TPSA) is 73.8 Å². The van der Waals surface area contributed by atoms with Crippen molar-refractivity contribution in [2.24, 2.45) is 10.9 Å². The average molecular weight is 421 g/mol. The van der Waals surface area contributed by atoms with Crippen LogP contribution in [0, 0.1) is 5.92 Å². The van der Waals surface area contributed by atoms with Gasteiger partial charge in [0, 0.05) is 33.2 Å². The number of nitrogens with one attached hydrogen (secondary N) is 2. The quantitative estimate of drug-likeness (QED) is 0.546. The Labute approximate surface area is 164 Å². The van der Waals surface area contributed by atoms with Crippen LogP contribution >= 0.6 is 0 Å². The van der Waals surface area contributed by atoms with Crippen molar-refractivity contribution in [1.82, 2.24) is 14.9 Å². The second-order valence-corrected chi connectivity index (χ2v) is 8.91. The van der Waals surface area contributed by atoms with Gasteiger partial charge in [-0.15, -0.1) is 0 Å². The smallest absolute Gasteiger partial charge is 0.356 e. The minimum atomic E-state index is -4.32. The summed E-state index contributed by atoms with van der Waals surface area (Å²) in [7, 11) is -1.47. The van der Waals surface area contributed by atoms with E-state index in [0.717, 1.165) is 30.5 Å². The van der Waals surface area contributed by atoms with E-state index in [1.54, 1.807) is 7.05 Å². The van der Waals surface area contributed by atoms with Gasteiger partial charge in [-0.25, -0.2) is 12.7 Å². The zero-order valence-electron chi connectivity index (χ0n) is 16.1. The molecule has 28 heavy (non-hydrogen) atoms. The molecule has 6 nitrogen and oxygen atoms in total. The van der Waals surface area contributed by atoms with Crippen molar-refractivity contribution in [2.45, 2.75) is 25.4 Å². The summed E-state index contributed by atoms with van der Waals surface area (Å²) in [5.41, 5.74) is 0.160. The molecular weight excluding hydrogens is 393 g/mol. The van der Waals surface area contributed by atoms with Crippen LogP contribution in [0.15, 0.2) is 29.3 Å². The summed E-state index contributed by atoms with van der Waals surface area (Å²) < 4.78 is 62.3. The number of halogens is 3. The predicted octanol–water partition coefficient (Wildman–Crippen LogP) is 2.08. The first-order valence-corrected chi connectivity index (χ1v) is 11.0. The zero-order valence-corrected chi connectivity index (χ0v) is 16.9. The van der Waals surface area contributed by atoms with Gasteiger partial charge in [-0.05, 0) is 42.9 Å². The minimum absolute atomic E-state index is 0.367. The van der Waals surface area contributed by atoms with Crippen LogP contribution in [0.1, 0.15) is 24.0 Å². The molecule has 0 saturated carbocycles. The van der Waals surface area contributed by atoms with Crippen LogP contribution in [0.2, 0.25) is 0 Å². The summed E-state index contributed by atoms with van der Waals surface area (Å²) in [4.78, 5) is 4.14. The Hall–Kier alpha value is -1.81. The molecule has 0 atom stereocenters. The summed E-state index contributed by atoms with van der Waals surface area (Å²) >= 11 is 0. The van der Waals surface area contributed by atoms with Gasteiger partial charge in [0.2, 0.25) is 10.0 Å². The van der Waals surface area contributed by atoms with Crippen molar-refractivity contribution < 1.29 is 21.6 Å². The third kappa shape index (κ3) is 6.97. The van der Waals surface area contributed by atoms with Crippen LogP contribution in [0.3, 0.4) is 0 Å². The maximum absolute atomic E-state index is 12.6. The SMILES string of the molecule is CN=C(NCCc1ccc(C(F)(F)F)cc1)NCC1CCN(S(C)(=O)=O)CC1. The molecule has 0 spiro atoms. The third-order valence-corrected chi connectivity index (χ3v) is 6.11. The largest absolute Gasteiger partial charge is 0.416 e. The van der Waals surface area contributed by atoms with E-state index in [4.69, 9.17) is 0 Å². The molecule has 0 aromatic heterocycles. The molecule has 0 amide bonds. The van der Waals surface area contributed by atoms with Gasteiger partial charge >= 0.3 is 6.18 Å². The number of sulfonamides is 1. The van der Waals surface area contributed by atoms with E-state index in [-0.39, 0.29) is 0 Å². The molecule has 10 heteroatoms. The fourth-order valence-corrected chi connectivity index (χ4v) is 3.97. The summed E-state index contributed by atoms with van der Waals surface area (Å²) in [6.07, 6.45) is -0.926. The highest BCUT2D eigenvalue weighted by Crippen LogP contribution is 2.29. The normalized spacial score (nSPS) is 17.5. The molecule has 1 fully saturated rings. The summed E-state index contributed by atoms with van der Waals surface area (Å²) in [6, 6.07) is 5.14. The van der Waals surface area contributed by atoms with Gasteiger partial charge in [0.1, 0.15) is 0 Å². The summed E-state index contributed by atoms with van der Waals surface area (Å²) in [5, 5.41) is 6.38. The molecule has 0 unspecified atom stereocenters. The number of aliphatic imine (C=N–C) groups is 1. The molecule has 1 heterocycles. The van der Waals surface area contributed by atoms with E-state index in [0.29, 0.717) is 44.5 Å². The number of rotatable bonds is 6. The number of hydrogen-bond acceptors (Lipinski definition) is 3. The second kappa shape index (κ2) is 9.60. The van der Waals surface area contributed by atoms with Gasteiger partial charge in [-0.3, -0.25) is 4.99 Å². The van der Waals surface area contributed by atoms with E-state index >= 15 is 0 Å². The van der Waals surface area contributed by atoms with Crippen LogP contribution in [0.4, 0.5) is 13.2 Å². The van der Waals surface area contributed by atoms with Crippen LogP contribution in [-0.4, -0.2) is 58.2 Å². The highest BCUT2D eigenvalue weighted by Gasteiger charge is 2.29. The molecule has 2 N–H and O–H groups in total. The highest BCUT2D eigenvalue weighted by atomic mass is 32.2. The van der Waals surface area contributed by atoms with E-state index in [1.807, 2.05) is 0 Å². The first-order chi connectivity index (χ1) is 13.1. The van der Waals surface area contributed by atoms with Crippen molar-refractivity contribution in [3.8, 4) is 0 Å². The van der Waals surface area contributed by atoms with Gasteiger partial charge in [-0.1, -0.05) is 12.1 Å². The van der Waals surface area contributed by atoms with Gasteiger partial charge in [0.25, 0.3) is 0 Å². The molecular formula is C18H27F3N4O2S. The molecule has 1 aromatic rings. The van der Waals surface area contributed by atoms with Crippen LogP contribution in [0.25, 0.3) is 0 Å². The Bertz CT molecular complexity index is 756. The van der Waals surface area contributed by atoms with Gasteiger partial charge in [-0.2, -0.15) is 13.2 Å². The van der Waals surface area contributed by atoms with Crippen molar-refractivity contribution >= 4 is 16.0 Å². The van der Waals surface area contributed by atoms with E-state index in [9.17, 15) is 21.6 Å². The van der Waals surface area contributed by atoms with Gasteiger partial charge in [0.15, 0.2) is 5.96 Å². The number of guanidine groups is 1. The van der Waals surface area contributed by atoms with Crippen LogP contribution < -0.4 is 10.6 Å². The minimum Gasteiger partial charge on any atom is -0.356 e. The fourth-order valence-electron chi connectivity index (χ4n) is 3.09. The van der Waals surface area contributed by atoms with Crippen molar-refractivity contribution in [3.63, 3.8) is 0 Å². The fraction of sp³-hybridized carbons (Fsp3) is 0.611. The second-order valence-electron chi connectivity index (χ2n) is 6.93. The Kier molecular flexibility index (Phi) is 7.70. The number of piperidine rings is 1. The lowest BCUT2D eigenvalue weighted by Crippen LogP contribution is -2.44. The third-order valence-electron chi connectivity index (χ3n) is 4.81. The van der Waals surface area contributed by atoms with Gasteiger partial charge < -0.3 is 10.6 Å². The number of benzene rings is 1. The van der Waals surface area contributed by atoms with Crippen molar-refractivity contribution in [1.29, 1.82) is 0 Å². The monoisotopic (exact) mass is 420 g/mol. The molecule has 158 valence electrons. The standard InChI is InChI=1S/C18H27F3N4O2S/c1-22-17(24-13-15-8-11-25(12-9-15)28(2,26)27)23-10-7-14-3-5-16(6-4-14)18(19,20)21/h3-6,15H,7-13H2,1-2H3,(H2,22,23,24). The molecule has 1 saturated heterocycles. The molecule has 1 aliphatic heterocycles. The van der Waals surface area contributed by atoms with E-state index in [1.165, 1.54) is 22.7 Å². The lowest BCUT2D eigenvalue weighted by atomic mass is 9.98. The lowest BCUT2D eigenvalue weighted by Gasteiger charge is -2.30. The lowest BCUT2D eigenvalue weighted by molar-refractivity contribution is -0.137. The number of alkyl halides is 3. The first kappa shape index (κ1) is 22.5. The van der Waals surface area contributed by atoms with Crippen molar-refractivity contribution in [2.75, 3.05) is 39.5 Å². The molecule has 1 aromatic carbocycles. The first-order valence-electron chi connectivity index (χ1n) is 9.15. The Morgan fingerprint density at radius 3 is 2.29 bits per heavy atom. The molecule has 2 rings (SSSR count). The number of nitrogens with zero attached hydrogens (tertiary/aromatic N) is 2. The van der Waals surface area contributed by atoms with E-state index < -0.39 is 21.8 Å². The summed E-state index contributed by atoms with van der Waals surface area (Å²) in [5.74, 6) is 0.990. The average Bonchev–Trinajstić information content (AvgIpc) is 2.64. The van der Waals surface area contributed by atoms with Gasteiger partial charge in [0.05, 0.1) is 11.8 Å². The number of hydrogen-bond donors (Lipinski definition) is 2. The maximum atomic E-state index is 12.6. The summed E-state index contributed by atoms with van der Waals surface area (Å²) in [6.45, 7) is 2.30. The molecule has 1 aliphatic rings. The zero-order chi connectivity index (χ0) is 20.8. The Morgan fingerprint density at radius 2 is 1.79 bits per heavy atom. The van der Waals surface area contributed by atoms with Crippen LogP contribution in [0.5, 0.6) is 0 Å². The van der Waals surface area contributed by atoms with Crippen molar-refractivity contribution in [3.05, 3.63) is 35.4 Å². The predicted molar refractivity (Wildman–Crippen MR) is 104 cm³/mol. The maximum Gasteiger partial charge on any atom is 0.416 e. The molecule has 0 aliphatic carbocycles. The molecule has 0 radical (unpaired) electrons.